The van der Waals surface area contributed by atoms with Gasteiger partial charge in [0.2, 0.25) is 0 Å². The van der Waals surface area contributed by atoms with Gasteiger partial charge in [0.05, 0.1) is 0 Å². The van der Waals surface area contributed by atoms with Crippen LogP contribution in [0.25, 0.3) is 0 Å². The molecule has 1 unspecified atom stereocenters. The summed E-state index contributed by atoms with van der Waals surface area (Å²) in [6.07, 6.45) is 4.03. The van der Waals surface area contributed by atoms with Crippen LogP contribution >= 0.6 is 11.6 Å². The Bertz CT molecular complexity index is 419. The summed E-state index contributed by atoms with van der Waals surface area (Å²) in [7, 11) is 0. The third-order valence-corrected chi connectivity index (χ3v) is 4.08. The van der Waals surface area contributed by atoms with Crippen LogP contribution in [0, 0.1) is 11.7 Å². The fraction of sp³-hybridized carbons (Fsp3) is 0.625. The Kier molecular flexibility index (Phi) is 6.27. The molecule has 1 fully saturated rings. The number of piperidine rings is 1. The van der Waals surface area contributed by atoms with Crippen LogP contribution in [0.2, 0.25) is 5.02 Å². The summed E-state index contributed by atoms with van der Waals surface area (Å²) in [5.41, 5.74) is 0.680. The molecule has 0 amide bonds. The third-order valence-electron chi connectivity index (χ3n) is 3.84. The van der Waals surface area contributed by atoms with Crippen molar-refractivity contribution in [2.45, 2.75) is 32.7 Å². The Balaban J connectivity index is 1.69. The second-order valence-electron chi connectivity index (χ2n) is 5.83. The van der Waals surface area contributed by atoms with Gasteiger partial charge in [0, 0.05) is 23.7 Å². The first kappa shape index (κ1) is 15.7. The highest BCUT2D eigenvalue weighted by Gasteiger charge is 2.13. The lowest BCUT2D eigenvalue weighted by Crippen LogP contribution is -2.36. The summed E-state index contributed by atoms with van der Waals surface area (Å²) in [5.74, 6) is 0.358. The maximum atomic E-state index is 13.6. The van der Waals surface area contributed by atoms with Gasteiger partial charge in [0.1, 0.15) is 5.82 Å². The molecule has 2 rings (SSSR count). The van der Waals surface area contributed by atoms with Gasteiger partial charge in [-0.25, -0.2) is 4.39 Å². The van der Waals surface area contributed by atoms with E-state index >= 15 is 0 Å². The Hall–Kier alpha value is -0.640. The van der Waals surface area contributed by atoms with Gasteiger partial charge in [-0.15, -0.1) is 0 Å². The number of hydrogen-bond donors (Lipinski definition) is 1. The molecule has 4 heteroatoms. The Labute approximate surface area is 126 Å². The smallest absolute Gasteiger partial charge is 0.129 e. The molecule has 1 saturated heterocycles. The number of nitrogens with one attached hydrogen (secondary N) is 1. The number of nitrogens with zero attached hydrogens (tertiary/aromatic N) is 1. The van der Waals surface area contributed by atoms with E-state index in [1.54, 1.807) is 12.1 Å². The highest BCUT2D eigenvalue weighted by molar-refractivity contribution is 6.30. The first-order valence-corrected chi connectivity index (χ1v) is 7.90. The molecule has 1 aromatic carbocycles. The van der Waals surface area contributed by atoms with Crippen LogP contribution in [-0.2, 0) is 6.54 Å². The highest BCUT2D eigenvalue weighted by Crippen LogP contribution is 2.14. The maximum absolute atomic E-state index is 13.6. The van der Waals surface area contributed by atoms with E-state index in [0.717, 1.165) is 13.1 Å². The highest BCUT2D eigenvalue weighted by atomic mass is 35.5. The summed E-state index contributed by atoms with van der Waals surface area (Å²) in [6.45, 7) is 7.33. The predicted molar refractivity (Wildman–Crippen MR) is 82.6 cm³/mol. The molecule has 1 aromatic rings. The number of rotatable bonds is 6. The fourth-order valence-electron chi connectivity index (χ4n) is 2.77. The van der Waals surface area contributed by atoms with Gasteiger partial charge in [0.25, 0.3) is 0 Å². The molecule has 1 aliphatic heterocycles. The standard InChI is InChI=1S/C16H24ClFN2/c1-13(12-20-7-3-2-4-8-20)10-19-11-14-5-6-15(17)9-16(14)18/h5-6,9,13,19H,2-4,7-8,10-12H2,1H3. The van der Waals surface area contributed by atoms with Gasteiger partial charge < -0.3 is 10.2 Å². The van der Waals surface area contributed by atoms with Crippen LogP contribution in [0.5, 0.6) is 0 Å². The predicted octanol–water partition coefficient (Wildman–Crippen LogP) is 3.69. The molecule has 0 aliphatic carbocycles. The lowest BCUT2D eigenvalue weighted by Gasteiger charge is -2.29. The minimum atomic E-state index is -0.228. The molecule has 0 bridgehead atoms. The zero-order valence-electron chi connectivity index (χ0n) is 12.2. The molecule has 2 nitrogen and oxygen atoms in total. The number of halogens is 2. The van der Waals surface area contributed by atoms with Crippen molar-refractivity contribution in [1.82, 2.24) is 10.2 Å². The normalized spacial score (nSPS) is 18.1. The molecule has 1 aliphatic rings. The van der Waals surface area contributed by atoms with Crippen molar-refractivity contribution in [2.75, 3.05) is 26.2 Å². The molecular weight excluding hydrogens is 275 g/mol. The molecule has 1 atom stereocenters. The Morgan fingerprint density at radius 2 is 2.05 bits per heavy atom. The summed E-state index contributed by atoms with van der Waals surface area (Å²) in [6, 6.07) is 4.86. The topological polar surface area (TPSA) is 15.3 Å². The lowest BCUT2D eigenvalue weighted by atomic mass is 10.1. The quantitative estimate of drug-likeness (QED) is 0.861. The summed E-state index contributed by atoms with van der Waals surface area (Å²) in [5, 5.41) is 3.79. The first-order valence-electron chi connectivity index (χ1n) is 7.52. The second kappa shape index (κ2) is 7.96. The van der Waals surface area contributed by atoms with Crippen molar-refractivity contribution < 1.29 is 4.39 Å². The summed E-state index contributed by atoms with van der Waals surface area (Å²) in [4.78, 5) is 2.54. The monoisotopic (exact) mass is 298 g/mol. The van der Waals surface area contributed by atoms with Crippen LogP contribution in [0.1, 0.15) is 31.7 Å². The van der Waals surface area contributed by atoms with E-state index in [1.807, 2.05) is 0 Å². The van der Waals surface area contributed by atoms with Gasteiger partial charge >= 0.3 is 0 Å². The number of hydrogen-bond acceptors (Lipinski definition) is 2. The molecule has 0 saturated carbocycles. The molecule has 0 spiro atoms. The van der Waals surface area contributed by atoms with Crippen molar-refractivity contribution in [3.05, 3.63) is 34.6 Å². The van der Waals surface area contributed by atoms with E-state index in [0.29, 0.717) is 23.0 Å². The minimum Gasteiger partial charge on any atom is -0.312 e. The molecule has 1 N–H and O–H groups in total. The van der Waals surface area contributed by atoms with Crippen molar-refractivity contribution in [3.8, 4) is 0 Å². The van der Waals surface area contributed by atoms with E-state index < -0.39 is 0 Å². The van der Waals surface area contributed by atoms with E-state index in [1.165, 1.54) is 38.4 Å². The van der Waals surface area contributed by atoms with E-state index in [2.05, 4.69) is 17.1 Å². The second-order valence-corrected chi connectivity index (χ2v) is 6.27. The van der Waals surface area contributed by atoms with Gasteiger partial charge in [-0.05, 0) is 50.5 Å². The van der Waals surface area contributed by atoms with Crippen molar-refractivity contribution in [3.63, 3.8) is 0 Å². The number of likely N-dealkylation sites (tertiary alicyclic amines) is 1. The van der Waals surface area contributed by atoms with Gasteiger partial charge in [-0.3, -0.25) is 0 Å². The molecule has 20 heavy (non-hydrogen) atoms. The molecular formula is C16H24ClFN2. The van der Waals surface area contributed by atoms with Crippen molar-refractivity contribution in [1.29, 1.82) is 0 Å². The lowest BCUT2D eigenvalue weighted by molar-refractivity contribution is 0.199. The van der Waals surface area contributed by atoms with Crippen LogP contribution in [-0.4, -0.2) is 31.1 Å². The molecule has 1 heterocycles. The molecule has 0 radical (unpaired) electrons. The SMILES string of the molecule is CC(CNCc1ccc(Cl)cc1F)CN1CCCCC1. The fourth-order valence-corrected chi connectivity index (χ4v) is 2.92. The van der Waals surface area contributed by atoms with Gasteiger partial charge in [0.15, 0.2) is 0 Å². The van der Waals surface area contributed by atoms with Crippen molar-refractivity contribution in [2.24, 2.45) is 5.92 Å². The van der Waals surface area contributed by atoms with Gasteiger partial charge in [-0.2, -0.15) is 0 Å². The number of benzene rings is 1. The van der Waals surface area contributed by atoms with Crippen LogP contribution in [0.3, 0.4) is 0 Å². The largest absolute Gasteiger partial charge is 0.312 e. The van der Waals surface area contributed by atoms with Crippen LogP contribution in [0.15, 0.2) is 18.2 Å². The zero-order valence-corrected chi connectivity index (χ0v) is 12.9. The molecule has 112 valence electrons. The Morgan fingerprint density at radius 3 is 2.75 bits per heavy atom. The summed E-state index contributed by atoms with van der Waals surface area (Å²) < 4.78 is 13.6. The summed E-state index contributed by atoms with van der Waals surface area (Å²) >= 11 is 5.74. The van der Waals surface area contributed by atoms with Crippen molar-refractivity contribution >= 4 is 11.6 Å². The maximum Gasteiger partial charge on any atom is 0.129 e. The van der Waals surface area contributed by atoms with E-state index in [-0.39, 0.29) is 5.82 Å². The average Bonchev–Trinajstić information content (AvgIpc) is 2.42. The van der Waals surface area contributed by atoms with E-state index in [9.17, 15) is 4.39 Å². The third kappa shape index (κ3) is 5.04. The molecule has 0 aromatic heterocycles. The van der Waals surface area contributed by atoms with E-state index in [4.69, 9.17) is 11.6 Å². The zero-order chi connectivity index (χ0) is 14.4. The average molecular weight is 299 g/mol. The van der Waals surface area contributed by atoms with Crippen LogP contribution < -0.4 is 5.32 Å². The van der Waals surface area contributed by atoms with Gasteiger partial charge in [-0.1, -0.05) is 31.0 Å². The first-order chi connectivity index (χ1) is 9.65. The van der Waals surface area contributed by atoms with Crippen LogP contribution in [0.4, 0.5) is 4.39 Å². The minimum absolute atomic E-state index is 0.228. The Morgan fingerprint density at radius 1 is 1.30 bits per heavy atom.